The van der Waals surface area contributed by atoms with Crippen LogP contribution in [0.3, 0.4) is 0 Å². The van der Waals surface area contributed by atoms with E-state index in [9.17, 15) is 28.8 Å². The molecule has 0 saturated carbocycles. The number of ether oxygens (including phenoxy) is 6. The van der Waals surface area contributed by atoms with E-state index in [1.165, 1.54) is 0 Å². The topological polar surface area (TPSA) is 206 Å². The fraction of sp³-hybridized carbons (Fsp3) is 0.660. The SMILES string of the molecule is CC(C)(C)OC(=O)CCC(NC(=O)NC(CCCCNC(=O)C(Cc1ccc2ccccc2c1)NC(=O)COCC1(CI)COC(C)(C)OC1)C(=O)OC(C)(C)C)C(=O)OC(C)(C)C. The predicted molar refractivity (Wildman–Crippen MR) is 251 cm³/mol. The lowest BCUT2D eigenvalue weighted by Crippen LogP contribution is -2.53. The van der Waals surface area contributed by atoms with E-state index in [0.717, 1.165) is 16.3 Å². The summed E-state index contributed by atoms with van der Waals surface area (Å²) in [4.78, 5) is 79.3. The van der Waals surface area contributed by atoms with Crippen molar-refractivity contribution < 1.29 is 57.2 Å². The van der Waals surface area contributed by atoms with Crippen molar-refractivity contribution in [2.75, 3.05) is 37.4 Å². The number of benzene rings is 2. The Balaban J connectivity index is 1.65. The van der Waals surface area contributed by atoms with Crippen LogP contribution in [0, 0.1) is 5.41 Å². The van der Waals surface area contributed by atoms with Crippen LogP contribution in [-0.2, 0) is 58.8 Å². The van der Waals surface area contributed by atoms with E-state index in [4.69, 9.17) is 28.4 Å². The van der Waals surface area contributed by atoms with Crippen LogP contribution < -0.4 is 21.3 Å². The maximum Gasteiger partial charge on any atom is 0.329 e. The summed E-state index contributed by atoms with van der Waals surface area (Å²) in [5, 5.41) is 13.0. The molecule has 4 N–H and O–H groups in total. The smallest absolute Gasteiger partial charge is 0.329 e. The first kappa shape index (κ1) is 54.3. The summed E-state index contributed by atoms with van der Waals surface area (Å²) in [7, 11) is 0. The lowest BCUT2D eigenvalue weighted by atomic mass is 9.93. The van der Waals surface area contributed by atoms with E-state index in [1.54, 1.807) is 62.3 Å². The molecule has 2 aromatic rings. The van der Waals surface area contributed by atoms with Gasteiger partial charge in [-0.3, -0.25) is 14.4 Å². The highest BCUT2D eigenvalue weighted by Gasteiger charge is 2.40. The normalized spacial score (nSPS) is 16.4. The molecule has 1 aliphatic rings. The Kier molecular flexibility index (Phi) is 20.3. The third kappa shape index (κ3) is 20.4. The fourth-order valence-corrected chi connectivity index (χ4v) is 7.07. The van der Waals surface area contributed by atoms with Gasteiger partial charge in [-0.05, 0) is 118 Å². The zero-order valence-electron chi connectivity index (χ0n) is 39.5. The lowest BCUT2D eigenvalue weighted by Gasteiger charge is -2.42. The molecule has 1 heterocycles. The third-order valence-electron chi connectivity index (χ3n) is 9.55. The van der Waals surface area contributed by atoms with Gasteiger partial charge in [0.05, 0.1) is 19.8 Å². The molecule has 2 aromatic carbocycles. The molecule has 17 heteroatoms. The zero-order valence-corrected chi connectivity index (χ0v) is 41.7. The molecule has 0 aromatic heterocycles. The number of hydrogen-bond donors (Lipinski definition) is 4. The summed E-state index contributed by atoms with van der Waals surface area (Å²) in [5.41, 5.74) is -2.04. The minimum Gasteiger partial charge on any atom is -0.460 e. The van der Waals surface area contributed by atoms with E-state index in [-0.39, 0.29) is 45.4 Å². The van der Waals surface area contributed by atoms with E-state index in [2.05, 4.69) is 43.9 Å². The molecule has 1 aliphatic heterocycles. The number of carbonyl (C=O) groups is 6. The van der Waals surface area contributed by atoms with Crippen molar-refractivity contribution in [2.45, 2.75) is 155 Å². The van der Waals surface area contributed by atoms with Crippen LogP contribution in [0.25, 0.3) is 10.8 Å². The Labute approximate surface area is 392 Å². The first-order chi connectivity index (χ1) is 29.7. The molecule has 3 atom stereocenters. The van der Waals surface area contributed by atoms with Crippen molar-refractivity contribution in [1.82, 2.24) is 21.3 Å². The molecule has 0 aliphatic carbocycles. The molecule has 64 heavy (non-hydrogen) atoms. The molecular weight excluding hydrogens is 939 g/mol. The number of rotatable bonds is 21. The van der Waals surface area contributed by atoms with Gasteiger partial charge in [0.1, 0.15) is 41.5 Å². The summed E-state index contributed by atoms with van der Waals surface area (Å²) in [6.07, 6.45) is 0.854. The molecule has 0 radical (unpaired) electrons. The van der Waals surface area contributed by atoms with Crippen molar-refractivity contribution in [3.05, 3.63) is 48.0 Å². The van der Waals surface area contributed by atoms with Crippen LogP contribution in [0.5, 0.6) is 0 Å². The summed E-state index contributed by atoms with van der Waals surface area (Å²) >= 11 is 2.26. The number of halogens is 1. The summed E-state index contributed by atoms with van der Waals surface area (Å²) < 4.78 is 34.8. The van der Waals surface area contributed by atoms with Gasteiger partial charge in [0.25, 0.3) is 0 Å². The molecule has 0 spiro atoms. The number of unbranched alkanes of at least 4 members (excludes halogenated alkanes) is 1. The van der Waals surface area contributed by atoms with Crippen LogP contribution >= 0.6 is 22.6 Å². The molecule has 0 bridgehead atoms. The first-order valence-electron chi connectivity index (χ1n) is 21.9. The number of fused-ring (bicyclic) bond motifs is 1. The van der Waals surface area contributed by atoms with Crippen LogP contribution in [0.4, 0.5) is 4.79 Å². The Hall–Kier alpha value is -4.07. The lowest BCUT2D eigenvalue weighted by molar-refractivity contribution is -0.286. The number of esters is 3. The molecule has 1 saturated heterocycles. The molecule has 1 fully saturated rings. The summed E-state index contributed by atoms with van der Waals surface area (Å²) in [5.74, 6) is -3.54. The second kappa shape index (κ2) is 23.9. The molecule has 3 unspecified atom stereocenters. The van der Waals surface area contributed by atoms with Crippen LogP contribution in [0.1, 0.15) is 114 Å². The number of nitrogens with one attached hydrogen (secondary N) is 4. The third-order valence-corrected chi connectivity index (χ3v) is 11.2. The van der Waals surface area contributed by atoms with E-state index in [0.29, 0.717) is 30.5 Å². The maximum atomic E-state index is 13.7. The van der Waals surface area contributed by atoms with Gasteiger partial charge in [0.15, 0.2) is 5.79 Å². The molecule has 358 valence electrons. The molecule has 4 amide bonds. The van der Waals surface area contributed by atoms with Crippen molar-refractivity contribution >= 4 is 69.1 Å². The van der Waals surface area contributed by atoms with Crippen LogP contribution in [0.15, 0.2) is 42.5 Å². The standard InChI is InChI=1S/C47H71IN4O12/c1-43(2,3)62-38(54)22-21-35(41(57)64-45(7,8)9)52-42(58)51-34(40(56)63-44(4,5)6)18-14-15-23-49-39(55)36(25-31-19-20-32-16-12-13-17-33(32)24-31)50-37(53)26-59-28-47(27-48)29-60-46(10,11)61-30-47/h12-13,16-17,19-20,24,34-36H,14-15,18,21-23,25-30H2,1-11H3,(H,49,55)(H,50,53)(H2,51,52,58). The minimum absolute atomic E-state index is 0.105. The van der Waals surface area contributed by atoms with Gasteiger partial charge in [0.2, 0.25) is 11.8 Å². The van der Waals surface area contributed by atoms with Gasteiger partial charge in [-0.1, -0.05) is 65.1 Å². The van der Waals surface area contributed by atoms with Crippen LogP contribution in [0.2, 0.25) is 0 Å². The molecular formula is C47H71IN4O12. The van der Waals surface area contributed by atoms with Gasteiger partial charge in [-0.15, -0.1) is 0 Å². The van der Waals surface area contributed by atoms with Gasteiger partial charge < -0.3 is 49.7 Å². The Morgan fingerprint density at radius 3 is 1.84 bits per heavy atom. The fourth-order valence-electron chi connectivity index (χ4n) is 6.41. The average molecular weight is 1010 g/mol. The van der Waals surface area contributed by atoms with E-state index in [1.807, 2.05) is 56.3 Å². The maximum absolute atomic E-state index is 13.7. The quantitative estimate of drug-likeness (QED) is 0.0362. The minimum atomic E-state index is -1.22. The van der Waals surface area contributed by atoms with Crippen molar-refractivity contribution in [2.24, 2.45) is 5.41 Å². The average Bonchev–Trinajstić information content (AvgIpc) is 3.17. The van der Waals surface area contributed by atoms with E-state index < -0.39 is 81.9 Å². The van der Waals surface area contributed by atoms with Crippen LogP contribution in [-0.4, -0.2) is 114 Å². The Morgan fingerprint density at radius 2 is 1.28 bits per heavy atom. The first-order valence-corrected chi connectivity index (χ1v) is 23.4. The number of urea groups is 1. The van der Waals surface area contributed by atoms with Gasteiger partial charge >= 0.3 is 23.9 Å². The summed E-state index contributed by atoms with van der Waals surface area (Å²) in [6.45, 7) is 20.0. The number of hydrogen-bond acceptors (Lipinski definition) is 12. The monoisotopic (exact) mass is 1010 g/mol. The number of alkyl halides is 1. The number of amides is 4. The largest absolute Gasteiger partial charge is 0.460 e. The Morgan fingerprint density at radius 1 is 0.719 bits per heavy atom. The van der Waals surface area contributed by atoms with Gasteiger partial charge in [0, 0.05) is 29.2 Å². The number of carbonyl (C=O) groups excluding carboxylic acids is 6. The molecule has 3 rings (SSSR count). The van der Waals surface area contributed by atoms with Crippen molar-refractivity contribution in [1.29, 1.82) is 0 Å². The highest BCUT2D eigenvalue weighted by molar-refractivity contribution is 14.1. The van der Waals surface area contributed by atoms with Crippen molar-refractivity contribution in [3.8, 4) is 0 Å². The van der Waals surface area contributed by atoms with Gasteiger partial charge in [-0.2, -0.15) is 0 Å². The van der Waals surface area contributed by atoms with Gasteiger partial charge in [-0.25, -0.2) is 14.4 Å². The zero-order chi connectivity index (χ0) is 47.9. The highest BCUT2D eigenvalue weighted by atomic mass is 127. The van der Waals surface area contributed by atoms with E-state index >= 15 is 0 Å². The highest BCUT2D eigenvalue weighted by Crippen LogP contribution is 2.32. The second-order valence-electron chi connectivity index (χ2n) is 19.8. The second-order valence-corrected chi connectivity index (χ2v) is 20.6. The molecule has 16 nitrogen and oxygen atoms in total. The Bertz CT molecular complexity index is 1890. The van der Waals surface area contributed by atoms with Crippen molar-refractivity contribution in [3.63, 3.8) is 0 Å². The summed E-state index contributed by atoms with van der Waals surface area (Å²) in [6, 6.07) is 9.65. The predicted octanol–water partition coefficient (Wildman–Crippen LogP) is 6.22.